The molecule has 3 aromatic carbocycles. The molecule has 32 heavy (non-hydrogen) atoms. The highest BCUT2D eigenvalue weighted by atomic mass is 35.5. The van der Waals surface area contributed by atoms with Gasteiger partial charge in [-0.3, -0.25) is 4.79 Å². The summed E-state index contributed by atoms with van der Waals surface area (Å²) >= 11 is 6.17. The van der Waals surface area contributed by atoms with Crippen molar-refractivity contribution in [1.82, 2.24) is 16.1 Å². The number of nitrogens with one attached hydrogen (secondary N) is 2. The van der Waals surface area contributed by atoms with Crippen molar-refractivity contribution in [2.75, 3.05) is 12.1 Å². The highest BCUT2D eigenvalue weighted by Gasteiger charge is 2.28. The van der Waals surface area contributed by atoms with E-state index in [-0.39, 0.29) is 18.4 Å². The number of ketones is 1. The first kappa shape index (κ1) is 21.8. The van der Waals surface area contributed by atoms with Crippen LogP contribution in [0.2, 0.25) is 5.02 Å². The van der Waals surface area contributed by atoms with Gasteiger partial charge >= 0.3 is 6.03 Å². The molecule has 164 valence electrons. The molecule has 1 fully saturated rings. The molecule has 2 amide bonds. The molecular weight excluding hydrogens is 428 g/mol. The second kappa shape index (κ2) is 9.00. The minimum Gasteiger partial charge on any atom is -0.489 e. The Balaban J connectivity index is 1.55. The molecule has 1 aliphatic heterocycles. The molecule has 1 saturated heterocycles. The van der Waals surface area contributed by atoms with Crippen LogP contribution < -0.4 is 20.8 Å². The van der Waals surface area contributed by atoms with Gasteiger partial charge in [0, 0.05) is 23.7 Å². The molecule has 0 spiro atoms. The van der Waals surface area contributed by atoms with Gasteiger partial charge in [-0.1, -0.05) is 35.9 Å². The number of carbonyl (C=O) groups excluding carboxylic acids is 2. The van der Waals surface area contributed by atoms with E-state index in [1.54, 1.807) is 49.5 Å². The third-order valence-corrected chi connectivity index (χ3v) is 5.69. The Morgan fingerprint density at radius 2 is 1.78 bits per heavy atom. The van der Waals surface area contributed by atoms with Gasteiger partial charge in [-0.15, -0.1) is 11.1 Å². The van der Waals surface area contributed by atoms with Gasteiger partial charge in [-0.2, -0.15) is 0 Å². The molecule has 3 aromatic rings. The number of hydrazine groups is 3. The first-order chi connectivity index (χ1) is 15.4. The molecular formula is C24H23ClN4O3. The summed E-state index contributed by atoms with van der Waals surface area (Å²) in [6.45, 7) is 4.12. The molecule has 0 atom stereocenters. The van der Waals surface area contributed by atoms with Crippen LogP contribution in [0.15, 0.2) is 60.7 Å². The zero-order chi connectivity index (χ0) is 22.8. The molecule has 0 aliphatic carbocycles. The number of aryl methyl sites for hydroxylation is 2. The third-order valence-electron chi connectivity index (χ3n) is 5.36. The van der Waals surface area contributed by atoms with E-state index in [0.717, 1.165) is 16.7 Å². The minimum atomic E-state index is -0.226. The van der Waals surface area contributed by atoms with Gasteiger partial charge in [0.15, 0.2) is 5.78 Å². The first-order valence-corrected chi connectivity index (χ1v) is 10.4. The lowest BCUT2D eigenvalue weighted by molar-refractivity contribution is 0.103. The second-order valence-electron chi connectivity index (χ2n) is 7.55. The van der Waals surface area contributed by atoms with Crippen LogP contribution in [0.25, 0.3) is 0 Å². The molecule has 0 aromatic heterocycles. The smallest absolute Gasteiger partial charge is 0.355 e. The summed E-state index contributed by atoms with van der Waals surface area (Å²) in [5, 5.41) is 3.21. The van der Waals surface area contributed by atoms with E-state index in [1.807, 2.05) is 32.0 Å². The second-order valence-corrected chi connectivity index (χ2v) is 7.96. The average Bonchev–Trinajstić information content (AvgIpc) is 3.11. The monoisotopic (exact) mass is 450 g/mol. The fourth-order valence-electron chi connectivity index (χ4n) is 3.52. The summed E-state index contributed by atoms with van der Waals surface area (Å²) in [6.07, 6.45) is 0. The van der Waals surface area contributed by atoms with Gasteiger partial charge in [0.1, 0.15) is 12.4 Å². The Bertz CT molecular complexity index is 1200. The lowest BCUT2D eigenvalue weighted by Gasteiger charge is -2.20. The number of hydrogen-bond acceptors (Lipinski definition) is 5. The number of carbonyl (C=O) groups is 2. The Labute approximate surface area is 191 Å². The molecule has 0 bridgehead atoms. The largest absolute Gasteiger partial charge is 0.489 e. The predicted molar refractivity (Wildman–Crippen MR) is 123 cm³/mol. The van der Waals surface area contributed by atoms with E-state index >= 15 is 0 Å². The van der Waals surface area contributed by atoms with Crippen LogP contribution in [0, 0.1) is 13.8 Å². The Morgan fingerprint density at radius 3 is 2.47 bits per heavy atom. The predicted octanol–water partition coefficient (Wildman–Crippen LogP) is 4.56. The van der Waals surface area contributed by atoms with Crippen molar-refractivity contribution in [1.29, 1.82) is 0 Å². The molecule has 0 radical (unpaired) electrons. The van der Waals surface area contributed by atoms with E-state index in [0.29, 0.717) is 27.6 Å². The zero-order valence-corrected chi connectivity index (χ0v) is 18.7. The quantitative estimate of drug-likeness (QED) is 0.538. The Morgan fingerprint density at radius 1 is 1.00 bits per heavy atom. The Kier molecular flexibility index (Phi) is 6.14. The highest BCUT2D eigenvalue weighted by molar-refractivity contribution is 6.35. The van der Waals surface area contributed by atoms with Crippen LogP contribution in [-0.2, 0) is 6.61 Å². The summed E-state index contributed by atoms with van der Waals surface area (Å²) in [7, 11) is 1.64. The van der Waals surface area contributed by atoms with E-state index in [2.05, 4.69) is 11.1 Å². The number of rotatable bonds is 6. The van der Waals surface area contributed by atoms with Crippen LogP contribution in [0.5, 0.6) is 5.75 Å². The topological polar surface area (TPSA) is 73.9 Å². The summed E-state index contributed by atoms with van der Waals surface area (Å²) in [6, 6.07) is 17.8. The van der Waals surface area contributed by atoms with Crippen LogP contribution in [0.4, 0.5) is 10.5 Å². The zero-order valence-electron chi connectivity index (χ0n) is 18.0. The molecule has 4 rings (SSSR count). The number of benzene rings is 3. The van der Waals surface area contributed by atoms with E-state index in [1.165, 1.54) is 10.0 Å². The van der Waals surface area contributed by atoms with Gasteiger partial charge in [0.25, 0.3) is 0 Å². The van der Waals surface area contributed by atoms with Crippen LogP contribution in [0.1, 0.15) is 32.6 Å². The molecule has 0 saturated carbocycles. The van der Waals surface area contributed by atoms with Gasteiger partial charge in [-0.25, -0.2) is 14.8 Å². The molecule has 2 N–H and O–H groups in total. The van der Waals surface area contributed by atoms with Crippen molar-refractivity contribution in [2.45, 2.75) is 20.5 Å². The maximum absolute atomic E-state index is 12.8. The Hall–Kier alpha value is -3.39. The summed E-state index contributed by atoms with van der Waals surface area (Å²) < 4.78 is 6.09. The van der Waals surface area contributed by atoms with Crippen molar-refractivity contribution >= 4 is 29.1 Å². The third kappa shape index (κ3) is 4.18. The number of urea groups is 1. The van der Waals surface area contributed by atoms with E-state index < -0.39 is 0 Å². The summed E-state index contributed by atoms with van der Waals surface area (Å²) in [5.41, 5.74) is 10.0. The number of ether oxygens (including phenoxy) is 1. The summed E-state index contributed by atoms with van der Waals surface area (Å²) in [4.78, 5) is 25.2. The van der Waals surface area contributed by atoms with Crippen molar-refractivity contribution < 1.29 is 14.3 Å². The maximum atomic E-state index is 12.8. The van der Waals surface area contributed by atoms with E-state index in [4.69, 9.17) is 16.3 Å². The molecule has 1 heterocycles. The fourth-order valence-corrected chi connectivity index (χ4v) is 3.74. The van der Waals surface area contributed by atoms with Crippen LogP contribution in [-0.4, -0.2) is 23.9 Å². The lowest BCUT2D eigenvalue weighted by Crippen LogP contribution is -2.38. The number of anilines is 1. The SMILES string of the molecule is Cc1cc(C(=O)c2ccccc2Cl)ccc1OCc1c(C)cccc1N1NNN(C)C1=O. The normalized spacial score (nSPS) is 13.6. The van der Waals surface area contributed by atoms with Crippen molar-refractivity contribution in [3.05, 3.63) is 93.5 Å². The standard InChI is InChI=1S/C24H23ClN4O3/c1-15-7-6-10-21(29-24(31)28(3)26-27-29)19(15)14-32-22-12-11-17(13-16(22)2)23(30)18-8-4-5-9-20(18)25/h4-13,26-27H,14H2,1-3H3. The van der Waals surface area contributed by atoms with Crippen LogP contribution in [0.3, 0.4) is 0 Å². The first-order valence-electron chi connectivity index (χ1n) is 10.1. The number of halogens is 1. The van der Waals surface area contributed by atoms with Crippen molar-refractivity contribution in [3.63, 3.8) is 0 Å². The number of nitrogens with zero attached hydrogens (tertiary/aromatic N) is 2. The minimum absolute atomic E-state index is 0.137. The van der Waals surface area contributed by atoms with Gasteiger partial charge in [-0.05, 0) is 61.4 Å². The van der Waals surface area contributed by atoms with Gasteiger partial charge in [0.05, 0.1) is 10.7 Å². The van der Waals surface area contributed by atoms with E-state index in [9.17, 15) is 9.59 Å². The number of hydrogen-bond donors (Lipinski definition) is 2. The van der Waals surface area contributed by atoms with Gasteiger partial charge < -0.3 is 4.74 Å². The number of amides is 2. The molecule has 8 heteroatoms. The van der Waals surface area contributed by atoms with Crippen molar-refractivity contribution in [2.24, 2.45) is 0 Å². The molecule has 1 aliphatic rings. The average molecular weight is 451 g/mol. The molecule has 7 nitrogen and oxygen atoms in total. The highest BCUT2D eigenvalue weighted by Crippen LogP contribution is 2.28. The van der Waals surface area contributed by atoms with Crippen molar-refractivity contribution in [3.8, 4) is 5.75 Å². The van der Waals surface area contributed by atoms with Crippen LogP contribution >= 0.6 is 11.6 Å². The maximum Gasteiger partial charge on any atom is 0.355 e. The fraction of sp³-hybridized carbons (Fsp3) is 0.167. The summed E-state index contributed by atoms with van der Waals surface area (Å²) in [5.74, 6) is 0.521. The lowest BCUT2D eigenvalue weighted by atomic mass is 10.0. The van der Waals surface area contributed by atoms with Gasteiger partial charge in [0.2, 0.25) is 0 Å². The molecule has 0 unspecified atom stereocenters.